The minimum atomic E-state index is -0.786. The largest absolute Gasteiger partial charge is 0.462 e. The van der Waals surface area contributed by atoms with Crippen LogP contribution in [-0.2, 0) is 20.7 Å². The van der Waals surface area contributed by atoms with Gasteiger partial charge in [0.2, 0.25) is 5.91 Å². The monoisotopic (exact) mass is 581 g/mol. The highest BCUT2D eigenvalue weighted by atomic mass is 35.5. The number of hydrogen-bond donors (Lipinski definition) is 0. The Labute approximate surface area is 241 Å². The van der Waals surface area contributed by atoms with Crippen LogP contribution in [0.15, 0.2) is 42.5 Å². The van der Waals surface area contributed by atoms with Crippen molar-refractivity contribution in [2.24, 2.45) is 0 Å². The van der Waals surface area contributed by atoms with Crippen molar-refractivity contribution in [1.29, 1.82) is 0 Å². The van der Waals surface area contributed by atoms with Gasteiger partial charge in [-0.25, -0.2) is 28.8 Å². The molecule has 41 heavy (non-hydrogen) atoms. The normalized spacial score (nSPS) is 15.1. The minimum Gasteiger partial charge on any atom is -0.462 e. The lowest BCUT2D eigenvalue weighted by molar-refractivity contribution is -0.128. The van der Waals surface area contributed by atoms with Crippen LogP contribution in [0, 0.1) is 5.82 Å². The number of aldehydes is 1. The smallest absolute Gasteiger partial charge is 0.417 e. The maximum atomic E-state index is 14.7. The number of likely N-dealkylation sites (tertiary alicyclic amines) is 1. The molecule has 0 spiro atoms. The molecular weight excluding hydrogens is 553 g/mol. The van der Waals surface area contributed by atoms with E-state index < -0.39 is 29.4 Å². The third-order valence-electron chi connectivity index (χ3n) is 6.36. The van der Waals surface area contributed by atoms with Crippen LogP contribution in [0.4, 0.5) is 9.18 Å². The van der Waals surface area contributed by atoms with Crippen molar-refractivity contribution in [3.05, 3.63) is 81.4 Å². The molecule has 0 radical (unpaired) electrons. The summed E-state index contributed by atoms with van der Waals surface area (Å²) in [5.74, 6) is -2.47. The van der Waals surface area contributed by atoms with Gasteiger partial charge in [0.05, 0.1) is 28.8 Å². The van der Waals surface area contributed by atoms with E-state index >= 15 is 0 Å². The van der Waals surface area contributed by atoms with Gasteiger partial charge in [-0.2, -0.15) is 0 Å². The second-order valence-electron chi connectivity index (χ2n) is 10.4. The third-order valence-corrected chi connectivity index (χ3v) is 6.68. The summed E-state index contributed by atoms with van der Waals surface area (Å²) in [6, 6.07) is 11.1. The number of imide groups is 1. The first-order chi connectivity index (χ1) is 19.4. The maximum Gasteiger partial charge on any atom is 0.417 e. The second-order valence-corrected chi connectivity index (χ2v) is 10.8. The van der Waals surface area contributed by atoms with Crippen LogP contribution in [0.5, 0.6) is 0 Å². The Balaban J connectivity index is 1.65. The molecule has 1 aliphatic rings. The van der Waals surface area contributed by atoms with E-state index in [1.54, 1.807) is 52.0 Å². The van der Waals surface area contributed by atoms with E-state index in [-0.39, 0.29) is 58.8 Å². The van der Waals surface area contributed by atoms with Crippen LogP contribution in [0.25, 0.3) is 11.4 Å². The van der Waals surface area contributed by atoms with Gasteiger partial charge < -0.3 is 9.47 Å². The molecule has 11 heteroatoms. The Bertz CT molecular complexity index is 1480. The Kier molecular flexibility index (Phi) is 8.82. The molecule has 1 fully saturated rings. The number of amides is 2. The highest BCUT2D eigenvalue weighted by Gasteiger charge is 2.38. The van der Waals surface area contributed by atoms with Gasteiger partial charge in [0.25, 0.3) is 0 Å². The summed E-state index contributed by atoms with van der Waals surface area (Å²) in [5.41, 5.74) is 0.357. The fraction of sp³-hybridized carbons (Fsp3) is 0.333. The first-order valence-electron chi connectivity index (χ1n) is 13.0. The average molecular weight is 582 g/mol. The van der Waals surface area contributed by atoms with Gasteiger partial charge >= 0.3 is 12.1 Å². The summed E-state index contributed by atoms with van der Waals surface area (Å²) in [6.07, 6.45) is 0.236. The van der Waals surface area contributed by atoms with E-state index in [0.717, 1.165) is 4.90 Å². The maximum absolute atomic E-state index is 14.7. The Morgan fingerprint density at radius 2 is 1.85 bits per heavy atom. The fourth-order valence-corrected chi connectivity index (χ4v) is 4.78. The van der Waals surface area contributed by atoms with Crippen molar-refractivity contribution in [2.45, 2.75) is 52.1 Å². The lowest BCUT2D eigenvalue weighted by atomic mass is 9.95. The quantitative estimate of drug-likeness (QED) is 0.255. The first kappa shape index (κ1) is 29.8. The van der Waals surface area contributed by atoms with E-state index in [1.165, 1.54) is 18.2 Å². The minimum absolute atomic E-state index is 0.0442. The Morgan fingerprint density at radius 3 is 2.46 bits per heavy atom. The number of halogens is 2. The summed E-state index contributed by atoms with van der Waals surface area (Å²) >= 11 is 6.22. The van der Waals surface area contributed by atoms with Crippen molar-refractivity contribution in [2.75, 3.05) is 13.2 Å². The molecule has 214 valence electrons. The topological polar surface area (TPSA) is 116 Å². The number of esters is 1. The molecule has 2 heterocycles. The number of benzene rings is 2. The van der Waals surface area contributed by atoms with Crippen LogP contribution in [-0.4, -0.2) is 57.9 Å². The van der Waals surface area contributed by atoms with Gasteiger partial charge in [-0.15, -0.1) is 0 Å². The number of ether oxygens (including phenoxy) is 2. The molecule has 0 bridgehead atoms. The predicted molar refractivity (Wildman–Crippen MR) is 148 cm³/mol. The number of carbonyl (C=O) groups excluding carboxylic acids is 4. The van der Waals surface area contributed by atoms with E-state index in [2.05, 4.69) is 9.97 Å². The highest BCUT2D eigenvalue weighted by molar-refractivity contribution is 6.33. The van der Waals surface area contributed by atoms with Crippen LogP contribution < -0.4 is 0 Å². The first-order valence-corrected chi connectivity index (χ1v) is 13.4. The number of aromatic nitrogens is 2. The predicted octanol–water partition coefficient (Wildman–Crippen LogP) is 5.77. The molecule has 2 amide bonds. The van der Waals surface area contributed by atoms with Gasteiger partial charge in [0, 0.05) is 13.0 Å². The molecule has 1 atom stereocenters. The SMILES string of the molecule is CCOC(=O)c1c(C=O)nc(-c2c(F)cccc2Cl)nc1Cc1ccc(C2CCN(C(=O)OC(C)(C)C)C2=O)cc1. The second kappa shape index (κ2) is 12.1. The summed E-state index contributed by atoms with van der Waals surface area (Å²) < 4.78 is 25.2. The number of nitrogens with zero attached hydrogens (tertiary/aromatic N) is 3. The lowest BCUT2D eigenvalue weighted by Gasteiger charge is -2.23. The molecular formula is C30H29ClFN3O6. The van der Waals surface area contributed by atoms with E-state index in [1.807, 2.05) is 0 Å². The molecule has 0 aliphatic carbocycles. The van der Waals surface area contributed by atoms with Gasteiger partial charge in [0.15, 0.2) is 12.1 Å². The molecule has 0 N–H and O–H groups in total. The van der Waals surface area contributed by atoms with E-state index in [9.17, 15) is 23.6 Å². The highest BCUT2D eigenvalue weighted by Crippen LogP contribution is 2.32. The van der Waals surface area contributed by atoms with Crippen LogP contribution in [0.2, 0.25) is 5.02 Å². The molecule has 0 saturated carbocycles. The van der Waals surface area contributed by atoms with Crippen molar-refractivity contribution < 1.29 is 33.0 Å². The van der Waals surface area contributed by atoms with Gasteiger partial charge in [0.1, 0.15) is 22.7 Å². The zero-order valence-corrected chi connectivity index (χ0v) is 23.8. The lowest BCUT2D eigenvalue weighted by Crippen LogP contribution is -2.38. The molecule has 2 aromatic carbocycles. The van der Waals surface area contributed by atoms with Crippen LogP contribution in [0.3, 0.4) is 0 Å². The van der Waals surface area contributed by atoms with E-state index in [4.69, 9.17) is 21.1 Å². The van der Waals surface area contributed by atoms with Crippen LogP contribution in [0.1, 0.15) is 77.7 Å². The Morgan fingerprint density at radius 1 is 1.15 bits per heavy atom. The molecule has 3 aromatic rings. The fourth-order valence-electron chi connectivity index (χ4n) is 4.54. The third kappa shape index (κ3) is 6.59. The van der Waals surface area contributed by atoms with Crippen molar-refractivity contribution in [3.8, 4) is 11.4 Å². The molecule has 1 unspecified atom stereocenters. The standard InChI is InChI=1S/C30H29ClFN3O6/c1-5-40-28(38)25-22(33-26(34-23(25)16-36)24-20(31)7-6-8-21(24)32)15-17-9-11-18(12-10-17)19-13-14-35(27(19)37)29(39)41-30(2,3)4/h6-12,16,19H,5,13-15H2,1-4H3. The zero-order chi connectivity index (χ0) is 29.9. The summed E-state index contributed by atoms with van der Waals surface area (Å²) in [7, 11) is 0. The summed E-state index contributed by atoms with van der Waals surface area (Å²) in [5, 5.41) is 0.0442. The van der Waals surface area contributed by atoms with Crippen molar-refractivity contribution in [1.82, 2.24) is 14.9 Å². The van der Waals surface area contributed by atoms with Crippen molar-refractivity contribution in [3.63, 3.8) is 0 Å². The number of hydrogen-bond acceptors (Lipinski definition) is 8. The van der Waals surface area contributed by atoms with Gasteiger partial charge in [-0.1, -0.05) is 41.9 Å². The molecule has 9 nitrogen and oxygen atoms in total. The summed E-state index contributed by atoms with van der Waals surface area (Å²) in [4.78, 5) is 59.9. The molecule has 1 saturated heterocycles. The van der Waals surface area contributed by atoms with E-state index in [0.29, 0.717) is 23.8 Å². The van der Waals surface area contributed by atoms with Gasteiger partial charge in [-0.3, -0.25) is 9.59 Å². The van der Waals surface area contributed by atoms with Crippen molar-refractivity contribution >= 4 is 35.9 Å². The average Bonchev–Trinajstić information content (AvgIpc) is 3.29. The molecule has 1 aliphatic heterocycles. The van der Waals surface area contributed by atoms with Crippen LogP contribution >= 0.6 is 11.6 Å². The molecule has 1 aromatic heterocycles. The molecule has 4 rings (SSSR count). The summed E-state index contributed by atoms with van der Waals surface area (Å²) in [6.45, 7) is 7.14. The Hall–Kier alpha value is -4.18. The zero-order valence-electron chi connectivity index (χ0n) is 23.1. The number of rotatable bonds is 7. The van der Waals surface area contributed by atoms with Gasteiger partial charge in [-0.05, 0) is 57.4 Å². The number of carbonyl (C=O) groups is 4.